The lowest BCUT2D eigenvalue weighted by atomic mass is 9.99. The second kappa shape index (κ2) is 6.09. The molecule has 0 bridgehead atoms. The molecule has 2 atom stereocenters. The molecule has 6 nitrogen and oxygen atoms in total. The summed E-state index contributed by atoms with van der Waals surface area (Å²) >= 11 is 0. The van der Waals surface area contributed by atoms with Crippen LogP contribution >= 0.6 is 0 Å². The van der Waals surface area contributed by atoms with Gasteiger partial charge in [0.15, 0.2) is 0 Å². The van der Waals surface area contributed by atoms with Gasteiger partial charge in [-0.15, -0.1) is 0 Å². The van der Waals surface area contributed by atoms with Crippen molar-refractivity contribution in [3.8, 4) is 0 Å². The van der Waals surface area contributed by atoms with E-state index in [1.54, 1.807) is 16.2 Å². The van der Waals surface area contributed by atoms with Crippen LogP contribution in [0.1, 0.15) is 25.7 Å². The molecule has 1 aromatic carbocycles. The van der Waals surface area contributed by atoms with Crippen LogP contribution in [0.25, 0.3) is 11.0 Å². The number of nitrogens with one attached hydrogen (secondary N) is 1. The number of aryl methyl sites for hydroxylation is 1. The van der Waals surface area contributed by atoms with E-state index >= 15 is 0 Å². The number of aromatic nitrogens is 2. The molecule has 0 spiro atoms. The van der Waals surface area contributed by atoms with Gasteiger partial charge in [0.1, 0.15) is 6.54 Å². The standard InChI is InChI=1S/C18H24N4O2/c1-20-15-7-2-3-8-16(15)22(18(20)24)12-17(23)19-13-9-11-21-10-5-4-6-14(13)21/h2-3,7-8,13-14H,4-6,9-12H2,1H3,(H,19,23)/t13-,14+/m1/s1. The fourth-order valence-corrected chi connectivity index (χ4v) is 4.33. The van der Waals surface area contributed by atoms with Gasteiger partial charge in [-0.25, -0.2) is 4.79 Å². The van der Waals surface area contributed by atoms with E-state index < -0.39 is 0 Å². The van der Waals surface area contributed by atoms with Crippen molar-refractivity contribution in [2.45, 2.75) is 44.3 Å². The molecule has 2 fully saturated rings. The number of benzene rings is 1. The molecular formula is C18H24N4O2. The first-order valence-corrected chi connectivity index (χ1v) is 8.83. The Balaban J connectivity index is 1.51. The molecule has 2 saturated heterocycles. The fourth-order valence-electron chi connectivity index (χ4n) is 4.33. The van der Waals surface area contributed by atoms with Crippen LogP contribution in [-0.2, 0) is 18.4 Å². The predicted molar refractivity (Wildman–Crippen MR) is 92.9 cm³/mol. The summed E-state index contributed by atoms with van der Waals surface area (Å²) in [5, 5.41) is 3.18. The minimum Gasteiger partial charge on any atom is -0.350 e. The lowest BCUT2D eigenvalue weighted by Gasteiger charge is -2.32. The van der Waals surface area contributed by atoms with Crippen molar-refractivity contribution in [2.75, 3.05) is 13.1 Å². The molecule has 24 heavy (non-hydrogen) atoms. The molecule has 0 saturated carbocycles. The van der Waals surface area contributed by atoms with E-state index in [4.69, 9.17) is 0 Å². The van der Waals surface area contributed by atoms with E-state index in [0.717, 1.165) is 30.5 Å². The Labute approximate surface area is 141 Å². The van der Waals surface area contributed by atoms with Crippen LogP contribution in [-0.4, -0.2) is 45.1 Å². The van der Waals surface area contributed by atoms with Crippen LogP contribution in [0.15, 0.2) is 29.1 Å². The zero-order valence-electron chi connectivity index (χ0n) is 14.1. The number of para-hydroxylation sites is 2. The molecule has 2 aliphatic rings. The van der Waals surface area contributed by atoms with Gasteiger partial charge in [-0.2, -0.15) is 0 Å². The number of nitrogens with zero attached hydrogens (tertiary/aromatic N) is 3. The monoisotopic (exact) mass is 328 g/mol. The molecule has 1 aromatic heterocycles. The van der Waals surface area contributed by atoms with E-state index in [-0.39, 0.29) is 24.2 Å². The minimum atomic E-state index is -0.142. The summed E-state index contributed by atoms with van der Waals surface area (Å²) in [4.78, 5) is 27.5. The van der Waals surface area contributed by atoms with Crippen molar-refractivity contribution in [1.82, 2.24) is 19.4 Å². The third-order valence-electron chi connectivity index (χ3n) is 5.56. The van der Waals surface area contributed by atoms with E-state index in [0.29, 0.717) is 6.04 Å². The number of imidazole rings is 1. The maximum Gasteiger partial charge on any atom is 0.329 e. The molecule has 6 heteroatoms. The first-order chi connectivity index (χ1) is 11.6. The Hall–Kier alpha value is -2.08. The Morgan fingerprint density at radius 1 is 1.17 bits per heavy atom. The smallest absolute Gasteiger partial charge is 0.329 e. The van der Waals surface area contributed by atoms with Gasteiger partial charge in [-0.3, -0.25) is 18.8 Å². The molecule has 1 amide bonds. The topological polar surface area (TPSA) is 59.3 Å². The normalized spacial score (nSPS) is 24.2. The van der Waals surface area contributed by atoms with E-state index in [9.17, 15) is 9.59 Å². The number of rotatable bonds is 3. The number of carbonyl (C=O) groups excluding carboxylic acids is 1. The van der Waals surface area contributed by atoms with Crippen LogP contribution in [0.2, 0.25) is 0 Å². The summed E-state index contributed by atoms with van der Waals surface area (Å²) in [7, 11) is 1.75. The molecular weight excluding hydrogens is 304 g/mol. The van der Waals surface area contributed by atoms with Crippen LogP contribution in [0, 0.1) is 0 Å². The van der Waals surface area contributed by atoms with Crippen LogP contribution in [0.3, 0.4) is 0 Å². The molecule has 0 unspecified atom stereocenters. The third-order valence-corrected chi connectivity index (χ3v) is 5.56. The Morgan fingerprint density at radius 2 is 1.96 bits per heavy atom. The molecule has 0 radical (unpaired) electrons. The van der Waals surface area contributed by atoms with E-state index in [1.807, 2.05) is 24.3 Å². The van der Waals surface area contributed by atoms with Gasteiger partial charge in [0.2, 0.25) is 5.91 Å². The SMILES string of the molecule is Cn1c(=O)n(CC(=O)N[C@@H]2CCN3CCCC[C@@H]23)c2ccccc21. The summed E-state index contributed by atoms with van der Waals surface area (Å²) in [6, 6.07) is 8.30. The molecule has 0 aliphatic carbocycles. The lowest BCUT2D eigenvalue weighted by Crippen LogP contribution is -2.48. The van der Waals surface area contributed by atoms with Crippen LogP contribution in [0.5, 0.6) is 0 Å². The van der Waals surface area contributed by atoms with Crippen molar-refractivity contribution >= 4 is 16.9 Å². The lowest BCUT2D eigenvalue weighted by molar-refractivity contribution is -0.122. The maximum atomic E-state index is 12.5. The highest BCUT2D eigenvalue weighted by Crippen LogP contribution is 2.27. The zero-order chi connectivity index (χ0) is 16.7. The molecule has 2 aromatic rings. The average molecular weight is 328 g/mol. The summed E-state index contributed by atoms with van der Waals surface area (Å²) < 4.78 is 3.17. The first-order valence-electron chi connectivity index (χ1n) is 8.83. The molecule has 3 heterocycles. The molecule has 1 N–H and O–H groups in total. The van der Waals surface area contributed by atoms with Gasteiger partial charge in [0, 0.05) is 25.7 Å². The second-order valence-electron chi connectivity index (χ2n) is 6.98. The summed E-state index contributed by atoms with van der Waals surface area (Å²) in [5.41, 5.74) is 1.53. The predicted octanol–water partition coefficient (Wildman–Crippen LogP) is 1.08. The Morgan fingerprint density at radius 3 is 2.79 bits per heavy atom. The van der Waals surface area contributed by atoms with Crippen molar-refractivity contribution in [1.29, 1.82) is 0 Å². The van der Waals surface area contributed by atoms with E-state index in [2.05, 4.69) is 10.2 Å². The minimum absolute atomic E-state index is 0.0640. The summed E-state index contributed by atoms with van der Waals surface area (Å²) in [6.07, 6.45) is 4.69. The van der Waals surface area contributed by atoms with Gasteiger partial charge >= 0.3 is 5.69 Å². The number of hydrogen-bond donors (Lipinski definition) is 1. The quantitative estimate of drug-likeness (QED) is 0.917. The molecule has 2 aliphatic heterocycles. The third kappa shape index (κ3) is 2.55. The molecule has 4 rings (SSSR count). The number of hydrogen-bond acceptors (Lipinski definition) is 3. The largest absolute Gasteiger partial charge is 0.350 e. The van der Waals surface area contributed by atoms with E-state index in [1.165, 1.54) is 19.3 Å². The van der Waals surface area contributed by atoms with Crippen molar-refractivity contribution in [3.05, 3.63) is 34.7 Å². The highest BCUT2D eigenvalue weighted by atomic mass is 16.2. The fraction of sp³-hybridized carbons (Fsp3) is 0.556. The van der Waals surface area contributed by atoms with Gasteiger partial charge in [0.05, 0.1) is 11.0 Å². The highest BCUT2D eigenvalue weighted by Gasteiger charge is 2.36. The van der Waals surface area contributed by atoms with Crippen LogP contribution < -0.4 is 11.0 Å². The van der Waals surface area contributed by atoms with Crippen molar-refractivity contribution < 1.29 is 4.79 Å². The number of amides is 1. The zero-order valence-corrected chi connectivity index (χ0v) is 14.1. The molecule has 128 valence electrons. The van der Waals surface area contributed by atoms with Gasteiger partial charge in [0.25, 0.3) is 0 Å². The van der Waals surface area contributed by atoms with Crippen molar-refractivity contribution in [2.24, 2.45) is 7.05 Å². The Kier molecular flexibility index (Phi) is 3.92. The van der Waals surface area contributed by atoms with Crippen molar-refractivity contribution in [3.63, 3.8) is 0 Å². The number of carbonyl (C=O) groups is 1. The average Bonchev–Trinajstić information content (AvgIpc) is 3.11. The number of piperidine rings is 1. The Bertz CT molecular complexity index is 822. The maximum absolute atomic E-state index is 12.5. The highest BCUT2D eigenvalue weighted by molar-refractivity contribution is 5.81. The summed E-state index contributed by atoms with van der Waals surface area (Å²) in [5.74, 6) is -0.0640. The second-order valence-corrected chi connectivity index (χ2v) is 6.98. The summed E-state index contributed by atoms with van der Waals surface area (Å²) in [6.45, 7) is 2.31. The van der Waals surface area contributed by atoms with Gasteiger partial charge in [-0.05, 0) is 37.9 Å². The number of fused-ring (bicyclic) bond motifs is 2. The van der Waals surface area contributed by atoms with Gasteiger partial charge < -0.3 is 5.32 Å². The first kappa shape index (κ1) is 15.4. The van der Waals surface area contributed by atoms with Gasteiger partial charge in [-0.1, -0.05) is 18.6 Å². The van der Waals surface area contributed by atoms with Crippen LogP contribution in [0.4, 0.5) is 0 Å².